The summed E-state index contributed by atoms with van der Waals surface area (Å²) in [5.41, 5.74) is 2.24. The molecule has 0 radical (unpaired) electrons. The zero-order valence-electron chi connectivity index (χ0n) is 12.5. The van der Waals surface area contributed by atoms with Crippen molar-refractivity contribution in [2.24, 2.45) is 0 Å². The second kappa shape index (κ2) is 6.98. The molecule has 0 aliphatic carbocycles. The van der Waals surface area contributed by atoms with E-state index < -0.39 is 0 Å². The lowest BCUT2D eigenvalue weighted by Gasteiger charge is -2.10. The first-order valence-electron chi connectivity index (χ1n) is 7.16. The van der Waals surface area contributed by atoms with E-state index in [1.807, 2.05) is 19.1 Å². The molecule has 0 saturated heterocycles. The van der Waals surface area contributed by atoms with Crippen molar-refractivity contribution in [1.82, 2.24) is 9.55 Å². The van der Waals surface area contributed by atoms with Crippen LogP contribution in [0.15, 0.2) is 30.5 Å². The fourth-order valence-electron chi connectivity index (χ4n) is 2.06. The highest BCUT2D eigenvalue weighted by Gasteiger charge is 2.04. The Labute approximate surface area is 120 Å². The first-order chi connectivity index (χ1) is 9.69. The quantitative estimate of drug-likeness (QED) is 0.840. The van der Waals surface area contributed by atoms with E-state index in [1.165, 1.54) is 5.56 Å². The van der Waals surface area contributed by atoms with Gasteiger partial charge in [0.05, 0.1) is 12.2 Å². The van der Waals surface area contributed by atoms with Crippen LogP contribution in [0.1, 0.15) is 24.6 Å². The monoisotopic (exact) mass is 273 g/mol. The summed E-state index contributed by atoms with van der Waals surface area (Å²) >= 11 is 0. The summed E-state index contributed by atoms with van der Waals surface area (Å²) in [5, 5.41) is 3.34. The van der Waals surface area contributed by atoms with Gasteiger partial charge in [0.1, 0.15) is 12.4 Å². The second-order valence-electron chi connectivity index (χ2n) is 4.99. The van der Waals surface area contributed by atoms with Crippen LogP contribution in [0.3, 0.4) is 0 Å². The number of hydrogen-bond acceptors (Lipinski definition) is 3. The van der Waals surface area contributed by atoms with Gasteiger partial charge >= 0.3 is 0 Å². The Morgan fingerprint density at radius 1 is 1.30 bits per heavy atom. The molecule has 20 heavy (non-hydrogen) atoms. The summed E-state index contributed by atoms with van der Waals surface area (Å²) in [6, 6.07) is 8.12. The van der Waals surface area contributed by atoms with Crippen LogP contribution >= 0.6 is 0 Å². The van der Waals surface area contributed by atoms with Gasteiger partial charge in [0.15, 0.2) is 0 Å². The zero-order valence-corrected chi connectivity index (χ0v) is 12.5. The molecule has 0 bridgehead atoms. The lowest BCUT2D eigenvalue weighted by molar-refractivity contribution is 0.299. The average Bonchev–Trinajstić information content (AvgIpc) is 2.77. The smallest absolute Gasteiger partial charge is 0.203 e. The highest BCUT2D eigenvalue weighted by Crippen LogP contribution is 2.13. The Hall–Kier alpha value is -1.97. The van der Waals surface area contributed by atoms with Crippen LogP contribution in [0.5, 0.6) is 5.75 Å². The minimum atomic E-state index is 0.639. The third-order valence-corrected chi connectivity index (χ3v) is 3.02. The second-order valence-corrected chi connectivity index (χ2v) is 4.99. The van der Waals surface area contributed by atoms with Crippen LogP contribution < -0.4 is 10.1 Å². The van der Waals surface area contributed by atoms with Crippen LogP contribution in [0.2, 0.25) is 0 Å². The van der Waals surface area contributed by atoms with Crippen molar-refractivity contribution in [3.63, 3.8) is 0 Å². The van der Waals surface area contributed by atoms with Crippen molar-refractivity contribution in [3.8, 4) is 5.75 Å². The molecule has 0 amide bonds. The average molecular weight is 273 g/mol. The van der Waals surface area contributed by atoms with Crippen molar-refractivity contribution in [2.75, 3.05) is 18.5 Å². The van der Waals surface area contributed by atoms with Crippen LogP contribution in [-0.4, -0.2) is 22.7 Å². The third kappa shape index (κ3) is 4.02. The van der Waals surface area contributed by atoms with Gasteiger partial charge in [0.2, 0.25) is 5.95 Å². The van der Waals surface area contributed by atoms with Crippen LogP contribution in [0.25, 0.3) is 0 Å². The van der Waals surface area contributed by atoms with Crippen molar-refractivity contribution < 1.29 is 4.74 Å². The van der Waals surface area contributed by atoms with E-state index in [1.54, 1.807) is 0 Å². The summed E-state index contributed by atoms with van der Waals surface area (Å²) in [4.78, 5) is 4.48. The van der Waals surface area contributed by atoms with E-state index in [2.05, 4.69) is 47.0 Å². The number of anilines is 1. The Morgan fingerprint density at radius 2 is 2.15 bits per heavy atom. The standard InChI is InChI=1S/C16H23N3O/c1-4-8-17-16-18-14(3)12-19(16)9-10-20-15-7-5-6-13(2)11-15/h5-7,11-12H,4,8-10H2,1-3H3,(H,17,18). The predicted molar refractivity (Wildman–Crippen MR) is 82.4 cm³/mol. The molecule has 2 aromatic rings. The summed E-state index contributed by atoms with van der Waals surface area (Å²) in [5.74, 6) is 1.85. The molecule has 1 N–H and O–H groups in total. The maximum absolute atomic E-state index is 5.78. The van der Waals surface area contributed by atoms with Gasteiger partial charge in [-0.15, -0.1) is 0 Å². The lowest BCUT2D eigenvalue weighted by Crippen LogP contribution is -2.12. The molecule has 1 heterocycles. The fraction of sp³-hybridized carbons (Fsp3) is 0.438. The number of imidazole rings is 1. The number of hydrogen-bond donors (Lipinski definition) is 1. The van der Waals surface area contributed by atoms with Crippen molar-refractivity contribution in [1.29, 1.82) is 0 Å². The number of rotatable bonds is 7. The molecule has 0 saturated carbocycles. The largest absolute Gasteiger partial charge is 0.492 e. The highest BCUT2D eigenvalue weighted by atomic mass is 16.5. The molecule has 4 heteroatoms. The molecule has 0 aliphatic rings. The lowest BCUT2D eigenvalue weighted by atomic mass is 10.2. The van der Waals surface area contributed by atoms with Crippen molar-refractivity contribution >= 4 is 5.95 Å². The first kappa shape index (κ1) is 14.4. The van der Waals surface area contributed by atoms with E-state index in [0.29, 0.717) is 6.61 Å². The molecule has 0 atom stereocenters. The number of benzene rings is 1. The summed E-state index contributed by atoms with van der Waals surface area (Å²) in [6.07, 6.45) is 3.14. The first-order valence-corrected chi connectivity index (χ1v) is 7.16. The number of aromatic nitrogens is 2. The van der Waals surface area contributed by atoms with Crippen LogP contribution in [0, 0.1) is 13.8 Å². The van der Waals surface area contributed by atoms with Gasteiger partial charge in [-0.05, 0) is 38.0 Å². The molecular formula is C16H23N3O. The Kier molecular flexibility index (Phi) is 5.04. The summed E-state index contributed by atoms with van der Waals surface area (Å²) < 4.78 is 7.89. The number of aryl methyl sites for hydroxylation is 2. The predicted octanol–water partition coefficient (Wildman–Crippen LogP) is 3.40. The van der Waals surface area contributed by atoms with E-state index in [0.717, 1.165) is 36.9 Å². The van der Waals surface area contributed by atoms with Gasteiger partial charge < -0.3 is 14.6 Å². The number of ether oxygens (including phenoxy) is 1. The molecule has 0 aliphatic heterocycles. The minimum Gasteiger partial charge on any atom is -0.492 e. The van der Waals surface area contributed by atoms with Gasteiger partial charge in [-0.3, -0.25) is 0 Å². The normalized spacial score (nSPS) is 10.6. The summed E-state index contributed by atoms with van der Waals surface area (Å²) in [6.45, 7) is 8.60. The highest BCUT2D eigenvalue weighted by molar-refractivity contribution is 5.29. The molecule has 2 rings (SSSR count). The van der Waals surface area contributed by atoms with Gasteiger partial charge in [-0.25, -0.2) is 4.98 Å². The van der Waals surface area contributed by atoms with Gasteiger partial charge in [-0.1, -0.05) is 19.1 Å². The van der Waals surface area contributed by atoms with Gasteiger partial charge in [0, 0.05) is 12.7 Å². The molecule has 108 valence electrons. The van der Waals surface area contributed by atoms with Gasteiger partial charge in [-0.2, -0.15) is 0 Å². The van der Waals surface area contributed by atoms with Crippen LogP contribution in [-0.2, 0) is 6.54 Å². The van der Waals surface area contributed by atoms with E-state index in [4.69, 9.17) is 4.74 Å². The zero-order chi connectivity index (χ0) is 14.4. The topological polar surface area (TPSA) is 39.1 Å². The van der Waals surface area contributed by atoms with Gasteiger partial charge in [0.25, 0.3) is 0 Å². The fourth-order valence-corrected chi connectivity index (χ4v) is 2.06. The molecular weight excluding hydrogens is 250 g/mol. The maximum Gasteiger partial charge on any atom is 0.203 e. The third-order valence-electron chi connectivity index (χ3n) is 3.02. The van der Waals surface area contributed by atoms with E-state index >= 15 is 0 Å². The van der Waals surface area contributed by atoms with Crippen molar-refractivity contribution in [2.45, 2.75) is 33.7 Å². The summed E-state index contributed by atoms with van der Waals surface area (Å²) in [7, 11) is 0. The Bertz CT molecular complexity index is 548. The number of nitrogens with zero attached hydrogens (tertiary/aromatic N) is 2. The Morgan fingerprint density at radius 3 is 2.90 bits per heavy atom. The number of nitrogens with one attached hydrogen (secondary N) is 1. The molecule has 0 unspecified atom stereocenters. The van der Waals surface area contributed by atoms with E-state index in [-0.39, 0.29) is 0 Å². The molecule has 0 spiro atoms. The molecule has 1 aromatic carbocycles. The minimum absolute atomic E-state index is 0.639. The Balaban J connectivity index is 1.90. The molecule has 0 fully saturated rings. The van der Waals surface area contributed by atoms with Crippen LogP contribution in [0.4, 0.5) is 5.95 Å². The molecule has 1 aromatic heterocycles. The maximum atomic E-state index is 5.78. The van der Waals surface area contributed by atoms with Crippen molar-refractivity contribution in [3.05, 3.63) is 41.7 Å². The van der Waals surface area contributed by atoms with E-state index in [9.17, 15) is 0 Å². The molecule has 4 nitrogen and oxygen atoms in total. The SMILES string of the molecule is CCCNc1nc(C)cn1CCOc1cccc(C)c1.